The fourth-order valence-electron chi connectivity index (χ4n) is 4.62. The van der Waals surface area contributed by atoms with Gasteiger partial charge < -0.3 is 26.4 Å². The van der Waals surface area contributed by atoms with Gasteiger partial charge in [-0.1, -0.05) is 29.2 Å². The fraction of sp³-hybridized carbons (Fsp3) is 0.370. The smallest absolute Gasteiger partial charge is 0.255 e. The molecule has 7 atom stereocenters. The summed E-state index contributed by atoms with van der Waals surface area (Å²) in [5, 5.41) is 31.1. The van der Waals surface area contributed by atoms with Crippen LogP contribution in [0.1, 0.15) is 52.4 Å². The summed E-state index contributed by atoms with van der Waals surface area (Å²) >= 11 is 0. The van der Waals surface area contributed by atoms with Crippen LogP contribution in [0, 0.1) is 17.2 Å². The van der Waals surface area contributed by atoms with Crippen molar-refractivity contribution in [3.05, 3.63) is 64.9 Å². The highest BCUT2D eigenvalue weighted by molar-refractivity contribution is 7.43. The van der Waals surface area contributed by atoms with Gasteiger partial charge >= 0.3 is 0 Å². The molecule has 1 aliphatic rings. The van der Waals surface area contributed by atoms with Crippen LogP contribution in [0.25, 0.3) is 5.70 Å². The van der Waals surface area contributed by atoms with E-state index in [1.54, 1.807) is 18.2 Å². The molecule has 10 nitrogen and oxygen atoms in total. The topological polar surface area (TPSA) is 156 Å². The van der Waals surface area contributed by atoms with Crippen molar-refractivity contribution >= 4 is 80.5 Å². The first-order valence-electron chi connectivity index (χ1n) is 13.2. The Kier molecular flexibility index (Phi) is 11.2. The molecule has 5 N–H and O–H groups in total. The van der Waals surface area contributed by atoms with Crippen LogP contribution in [0.3, 0.4) is 0 Å². The maximum Gasteiger partial charge on any atom is 0.255 e. The lowest BCUT2D eigenvalue weighted by molar-refractivity contribution is -0.131. The first kappa shape index (κ1) is 34.7. The van der Waals surface area contributed by atoms with Gasteiger partial charge in [0.2, 0.25) is 5.91 Å². The van der Waals surface area contributed by atoms with Gasteiger partial charge in [0.1, 0.15) is 11.9 Å². The van der Waals surface area contributed by atoms with Crippen LogP contribution in [0.15, 0.2) is 37.0 Å². The zero-order valence-corrected chi connectivity index (χ0v) is 27.3. The number of aliphatic hydroxyl groups excluding tert-OH is 1. The standard InChI is InChI=1S/C27H32B3N6O4P3/c1-12-4-16(23(38)34-12)8-20(21(37)25(40)32-3)36-24(39)19-5-14(10-31)11-33-22(19)35-13(2)15-6-17(26(28,29)41)9-18(7-15)27(30,42)43/h5-7,9,11-12,16,20-21,37H,2,4,8,41-43H2,1,3H3,(H,32,40)(H,33,35)(H,34,38)(H,36,39)/t12?,16-,20-,21?/m0/s1. The summed E-state index contributed by atoms with van der Waals surface area (Å²) in [7, 11) is 27.3. The molecule has 1 aromatic carbocycles. The van der Waals surface area contributed by atoms with E-state index in [1.165, 1.54) is 19.3 Å². The minimum absolute atomic E-state index is 0.00671. The molecule has 5 unspecified atom stereocenters. The summed E-state index contributed by atoms with van der Waals surface area (Å²) in [6, 6.07) is 7.29. The molecule has 0 saturated carbocycles. The van der Waals surface area contributed by atoms with Gasteiger partial charge in [-0.25, -0.2) is 4.98 Å². The van der Waals surface area contributed by atoms with E-state index < -0.39 is 39.6 Å². The number of aliphatic hydroxyl groups is 1. The number of carbonyl (C=O) groups excluding carboxylic acids is 3. The highest BCUT2D eigenvalue weighted by Crippen LogP contribution is 2.39. The Labute approximate surface area is 262 Å². The second kappa shape index (κ2) is 13.9. The van der Waals surface area contributed by atoms with Crippen LogP contribution in [0.4, 0.5) is 5.82 Å². The van der Waals surface area contributed by atoms with Crippen molar-refractivity contribution in [1.82, 2.24) is 20.9 Å². The molecule has 6 radical (unpaired) electrons. The van der Waals surface area contributed by atoms with E-state index in [-0.39, 0.29) is 35.3 Å². The molecule has 16 heteroatoms. The number of hydrogen-bond acceptors (Lipinski definition) is 7. The van der Waals surface area contributed by atoms with Crippen LogP contribution >= 0.6 is 27.7 Å². The fourth-order valence-corrected chi connectivity index (χ4v) is 5.12. The van der Waals surface area contributed by atoms with Crippen molar-refractivity contribution < 1.29 is 19.5 Å². The Morgan fingerprint density at radius 2 is 1.88 bits per heavy atom. The zero-order chi connectivity index (χ0) is 32.3. The number of hydrogen-bond donors (Lipinski definition) is 5. The van der Waals surface area contributed by atoms with Crippen LogP contribution in [-0.4, -0.2) is 76.6 Å². The van der Waals surface area contributed by atoms with Crippen molar-refractivity contribution in [2.45, 2.75) is 47.7 Å². The van der Waals surface area contributed by atoms with Crippen LogP contribution in [0.2, 0.25) is 0 Å². The molecule has 3 rings (SSSR count). The summed E-state index contributed by atoms with van der Waals surface area (Å²) in [5.74, 6) is -2.18. The molecule has 1 aliphatic heterocycles. The molecule has 1 fully saturated rings. The Morgan fingerprint density at radius 3 is 2.42 bits per heavy atom. The van der Waals surface area contributed by atoms with E-state index in [0.717, 1.165) is 0 Å². The third-order valence-corrected chi connectivity index (χ3v) is 7.96. The summed E-state index contributed by atoms with van der Waals surface area (Å²) in [6.45, 7) is 5.93. The maximum atomic E-state index is 13.6. The lowest BCUT2D eigenvalue weighted by Gasteiger charge is -2.27. The SMILES string of the molecule is [B]C([B])(P)c1cc(C(=C)Nc2ncc(C#N)cc2C(=O)N[C@@H](C[C@@H]2CC(C)NC2=O)C(O)C(=O)NC)cc(C([B])(P)P)c1. The third-order valence-electron chi connectivity index (χ3n) is 6.96. The van der Waals surface area contributed by atoms with E-state index in [2.05, 4.69) is 60.5 Å². The number of nitrogens with zero attached hydrogens (tertiary/aromatic N) is 2. The van der Waals surface area contributed by atoms with Crippen molar-refractivity contribution in [3.8, 4) is 6.07 Å². The highest BCUT2D eigenvalue weighted by Gasteiger charge is 2.36. The molecule has 0 aliphatic carbocycles. The Balaban J connectivity index is 1.97. The summed E-state index contributed by atoms with van der Waals surface area (Å²) in [5.41, 5.74) is 2.08. The minimum atomic E-state index is -1.65. The van der Waals surface area contributed by atoms with Crippen molar-refractivity contribution in [1.29, 1.82) is 5.26 Å². The molecule has 2 heterocycles. The van der Waals surface area contributed by atoms with Crippen molar-refractivity contribution in [2.24, 2.45) is 5.92 Å². The second-order valence-electron chi connectivity index (χ2n) is 10.7. The number of nitrogens with one attached hydrogen (secondary N) is 4. The number of anilines is 1. The number of aromatic nitrogens is 1. The van der Waals surface area contributed by atoms with Crippen molar-refractivity contribution in [3.63, 3.8) is 0 Å². The van der Waals surface area contributed by atoms with Gasteiger partial charge in [-0.15, -0.1) is 27.7 Å². The van der Waals surface area contributed by atoms with Crippen LogP contribution in [0.5, 0.6) is 0 Å². The van der Waals surface area contributed by atoms with E-state index in [1.807, 2.05) is 13.0 Å². The van der Waals surface area contributed by atoms with Gasteiger partial charge in [-0.2, -0.15) is 5.26 Å². The molecule has 1 aromatic heterocycles. The number of rotatable bonds is 11. The number of benzene rings is 1. The largest absolute Gasteiger partial charge is 0.381 e. The highest BCUT2D eigenvalue weighted by atomic mass is 31.1. The normalized spacial score (nSPS) is 18.1. The predicted octanol–water partition coefficient (Wildman–Crippen LogP) is 0.507. The molecule has 43 heavy (non-hydrogen) atoms. The Bertz CT molecular complexity index is 1440. The molecule has 1 saturated heterocycles. The molecular weight excluding hydrogens is 598 g/mol. The molecular formula is C27H32B3N6O4P3. The lowest BCUT2D eigenvalue weighted by atomic mass is 9.64. The van der Waals surface area contributed by atoms with Gasteiger partial charge in [-0.05, 0) is 47.8 Å². The average Bonchev–Trinajstić information content (AvgIpc) is 3.26. The first-order valence-corrected chi connectivity index (χ1v) is 14.9. The quantitative estimate of drug-likeness (QED) is 0.179. The number of nitriles is 1. The number of likely N-dealkylation sites (N-methyl/N-ethyl adjacent to an activating group) is 1. The summed E-state index contributed by atoms with van der Waals surface area (Å²) < 4.78 is 0. The minimum Gasteiger partial charge on any atom is -0.381 e. The molecule has 218 valence electrons. The molecule has 3 amide bonds. The lowest BCUT2D eigenvalue weighted by Crippen LogP contribution is -2.51. The van der Waals surface area contributed by atoms with Gasteiger partial charge in [0.05, 0.1) is 40.7 Å². The van der Waals surface area contributed by atoms with Crippen molar-refractivity contribution in [2.75, 3.05) is 12.4 Å². The maximum absolute atomic E-state index is 13.6. The molecule has 0 bridgehead atoms. The van der Waals surface area contributed by atoms with E-state index in [0.29, 0.717) is 28.8 Å². The van der Waals surface area contributed by atoms with Crippen LogP contribution in [-0.2, 0) is 19.3 Å². The molecule has 2 aromatic rings. The van der Waals surface area contributed by atoms with E-state index >= 15 is 0 Å². The van der Waals surface area contributed by atoms with Gasteiger partial charge in [0.25, 0.3) is 11.8 Å². The summed E-state index contributed by atoms with van der Waals surface area (Å²) in [4.78, 5) is 40.4. The average molecular weight is 630 g/mol. The Hall–Kier alpha value is -2.75. The third kappa shape index (κ3) is 8.90. The van der Waals surface area contributed by atoms with E-state index in [4.69, 9.17) is 23.5 Å². The van der Waals surface area contributed by atoms with E-state index in [9.17, 15) is 24.8 Å². The first-order chi connectivity index (χ1) is 19.9. The van der Waals surface area contributed by atoms with Gasteiger partial charge in [0, 0.05) is 30.9 Å². The predicted molar refractivity (Wildman–Crippen MR) is 179 cm³/mol. The monoisotopic (exact) mass is 630 g/mol. The summed E-state index contributed by atoms with van der Waals surface area (Å²) in [6.07, 6.45) is 0.114. The Morgan fingerprint density at radius 1 is 1.23 bits per heavy atom. The molecule has 0 spiro atoms. The van der Waals surface area contributed by atoms with Gasteiger partial charge in [-0.3, -0.25) is 14.4 Å². The van der Waals surface area contributed by atoms with Gasteiger partial charge in [0.15, 0.2) is 6.10 Å². The zero-order valence-electron chi connectivity index (χ0n) is 23.8. The number of amides is 3. The number of carbonyl (C=O) groups is 3. The second-order valence-corrected chi connectivity index (χ2v) is 14.3. The number of pyridine rings is 1. The van der Waals surface area contributed by atoms with Crippen LogP contribution < -0.4 is 21.3 Å².